The number of aliphatic hydroxyl groups is 1. The Bertz CT molecular complexity index is 475. The van der Waals surface area contributed by atoms with Gasteiger partial charge in [-0.05, 0) is 46.4 Å². The smallest absolute Gasteiger partial charge is 0.0954 e. The van der Waals surface area contributed by atoms with E-state index in [9.17, 15) is 5.11 Å². The predicted octanol–water partition coefficient (Wildman–Crippen LogP) is 3.79. The third-order valence-electron chi connectivity index (χ3n) is 2.17. The molecule has 5 heteroatoms. The molecule has 0 saturated heterocycles. The van der Waals surface area contributed by atoms with Crippen molar-refractivity contribution in [1.29, 1.82) is 0 Å². The average molecular weight is 410 g/mol. The summed E-state index contributed by atoms with van der Waals surface area (Å²) in [6.07, 6.45) is 1.85. The fraction of sp³-hybridized carbons (Fsp3) is 0.182. The minimum Gasteiger partial charge on any atom is -0.388 e. The van der Waals surface area contributed by atoms with Crippen LogP contribution in [0, 0.1) is 3.57 Å². The molecule has 0 spiro atoms. The summed E-state index contributed by atoms with van der Waals surface area (Å²) in [6.45, 7) is 0. The van der Waals surface area contributed by atoms with Gasteiger partial charge < -0.3 is 5.11 Å². The van der Waals surface area contributed by atoms with Crippen LogP contribution in [0.3, 0.4) is 0 Å². The molecule has 0 aliphatic carbocycles. The molecule has 0 fully saturated rings. The summed E-state index contributed by atoms with van der Waals surface area (Å²) in [5.74, 6) is 0. The van der Waals surface area contributed by atoms with Crippen molar-refractivity contribution in [2.24, 2.45) is 0 Å². The van der Waals surface area contributed by atoms with Gasteiger partial charge in [0, 0.05) is 26.0 Å². The standard InChI is InChI=1S/C11H9BrINOS/c12-7-1-2-9(13)8(5-7)10(15)6-11-14-3-4-16-11/h1-5,10,15H,6H2. The van der Waals surface area contributed by atoms with E-state index in [4.69, 9.17) is 0 Å². The second kappa shape index (κ2) is 5.57. The summed E-state index contributed by atoms with van der Waals surface area (Å²) >= 11 is 7.22. The van der Waals surface area contributed by atoms with Gasteiger partial charge >= 0.3 is 0 Å². The summed E-state index contributed by atoms with van der Waals surface area (Å²) in [6, 6.07) is 5.92. The van der Waals surface area contributed by atoms with E-state index in [0.29, 0.717) is 6.42 Å². The fourth-order valence-electron chi connectivity index (χ4n) is 1.40. The number of aliphatic hydroxyl groups excluding tert-OH is 1. The first-order valence-corrected chi connectivity index (χ1v) is 7.43. The normalized spacial score (nSPS) is 12.7. The number of thiazole rings is 1. The van der Waals surface area contributed by atoms with E-state index in [-0.39, 0.29) is 0 Å². The fourth-order valence-corrected chi connectivity index (χ4v) is 3.13. The maximum atomic E-state index is 10.1. The highest BCUT2D eigenvalue weighted by molar-refractivity contribution is 14.1. The second-order valence-corrected chi connectivity index (χ2v) is 6.37. The van der Waals surface area contributed by atoms with Gasteiger partial charge in [-0.2, -0.15) is 0 Å². The van der Waals surface area contributed by atoms with Crippen LogP contribution in [0.1, 0.15) is 16.7 Å². The van der Waals surface area contributed by atoms with Gasteiger partial charge in [0.2, 0.25) is 0 Å². The van der Waals surface area contributed by atoms with E-state index in [1.807, 2.05) is 23.6 Å². The van der Waals surface area contributed by atoms with Gasteiger partial charge in [0.25, 0.3) is 0 Å². The molecule has 2 rings (SSSR count). The lowest BCUT2D eigenvalue weighted by molar-refractivity contribution is 0.177. The largest absolute Gasteiger partial charge is 0.388 e. The number of nitrogens with zero attached hydrogens (tertiary/aromatic N) is 1. The molecular formula is C11H9BrINOS. The molecule has 1 atom stereocenters. The van der Waals surface area contributed by atoms with Crippen LogP contribution in [0.5, 0.6) is 0 Å². The SMILES string of the molecule is OC(Cc1nccs1)c1cc(Br)ccc1I. The van der Waals surface area contributed by atoms with Crippen LogP contribution in [-0.4, -0.2) is 10.1 Å². The van der Waals surface area contributed by atoms with Crippen LogP contribution in [-0.2, 0) is 6.42 Å². The summed E-state index contributed by atoms with van der Waals surface area (Å²) < 4.78 is 2.06. The van der Waals surface area contributed by atoms with Crippen LogP contribution in [0.15, 0.2) is 34.2 Å². The van der Waals surface area contributed by atoms with Crippen molar-refractivity contribution in [3.8, 4) is 0 Å². The Morgan fingerprint density at radius 1 is 1.50 bits per heavy atom. The van der Waals surface area contributed by atoms with Gasteiger partial charge in [-0.25, -0.2) is 4.98 Å². The topological polar surface area (TPSA) is 33.1 Å². The van der Waals surface area contributed by atoms with Crippen molar-refractivity contribution >= 4 is 49.9 Å². The first-order valence-electron chi connectivity index (χ1n) is 4.68. The lowest BCUT2D eigenvalue weighted by Gasteiger charge is -2.11. The lowest BCUT2D eigenvalue weighted by atomic mass is 10.1. The van der Waals surface area contributed by atoms with E-state index < -0.39 is 6.10 Å². The zero-order valence-corrected chi connectivity index (χ0v) is 12.8. The summed E-state index contributed by atoms with van der Waals surface area (Å²) in [5.41, 5.74) is 0.949. The highest BCUT2D eigenvalue weighted by atomic mass is 127. The Balaban J connectivity index is 2.20. The van der Waals surface area contributed by atoms with Gasteiger partial charge in [-0.1, -0.05) is 15.9 Å². The Morgan fingerprint density at radius 2 is 2.31 bits per heavy atom. The van der Waals surface area contributed by atoms with Crippen molar-refractivity contribution < 1.29 is 5.11 Å². The number of benzene rings is 1. The third kappa shape index (κ3) is 3.03. The molecule has 0 radical (unpaired) electrons. The summed E-state index contributed by atoms with van der Waals surface area (Å²) in [5, 5.41) is 13.0. The number of rotatable bonds is 3. The van der Waals surface area contributed by atoms with Crippen molar-refractivity contribution in [2.45, 2.75) is 12.5 Å². The van der Waals surface area contributed by atoms with Crippen molar-refractivity contribution in [3.63, 3.8) is 0 Å². The lowest BCUT2D eigenvalue weighted by Crippen LogP contribution is -2.03. The van der Waals surface area contributed by atoms with Gasteiger partial charge in [-0.3, -0.25) is 0 Å². The number of aromatic nitrogens is 1. The van der Waals surface area contributed by atoms with E-state index >= 15 is 0 Å². The molecule has 1 aromatic heterocycles. The molecule has 2 aromatic rings. The van der Waals surface area contributed by atoms with Crippen LogP contribution >= 0.6 is 49.9 Å². The zero-order valence-electron chi connectivity index (χ0n) is 8.23. The van der Waals surface area contributed by atoms with Crippen LogP contribution in [0.25, 0.3) is 0 Å². The maximum Gasteiger partial charge on any atom is 0.0954 e. The van der Waals surface area contributed by atoms with Crippen LogP contribution < -0.4 is 0 Å². The van der Waals surface area contributed by atoms with Crippen molar-refractivity contribution in [1.82, 2.24) is 4.98 Å². The van der Waals surface area contributed by atoms with Gasteiger partial charge in [-0.15, -0.1) is 11.3 Å². The second-order valence-electron chi connectivity index (χ2n) is 3.31. The molecule has 0 aliphatic heterocycles. The first kappa shape index (κ1) is 12.5. The molecule has 0 aliphatic rings. The number of hydrogen-bond donors (Lipinski definition) is 1. The average Bonchev–Trinajstić information content (AvgIpc) is 2.74. The monoisotopic (exact) mass is 409 g/mol. The Labute approximate surface area is 120 Å². The number of halogens is 2. The molecule has 1 aromatic carbocycles. The molecule has 2 nitrogen and oxygen atoms in total. The molecule has 84 valence electrons. The molecule has 1 heterocycles. The molecular weight excluding hydrogens is 401 g/mol. The van der Waals surface area contributed by atoms with E-state index in [1.54, 1.807) is 17.5 Å². The van der Waals surface area contributed by atoms with Crippen molar-refractivity contribution in [2.75, 3.05) is 0 Å². The minimum atomic E-state index is -0.490. The van der Waals surface area contributed by atoms with Crippen LogP contribution in [0.4, 0.5) is 0 Å². The molecule has 1 N–H and O–H groups in total. The quantitative estimate of drug-likeness (QED) is 0.782. The molecule has 0 bridgehead atoms. The van der Waals surface area contributed by atoms with Gasteiger partial charge in [0.15, 0.2) is 0 Å². The third-order valence-corrected chi connectivity index (χ3v) is 4.45. The maximum absolute atomic E-state index is 10.1. The van der Waals surface area contributed by atoms with Gasteiger partial charge in [0.05, 0.1) is 11.1 Å². The Hall–Kier alpha value is 0.0200. The Kier molecular flexibility index (Phi) is 4.34. The minimum absolute atomic E-state index is 0.490. The molecule has 0 amide bonds. The van der Waals surface area contributed by atoms with Crippen LogP contribution in [0.2, 0.25) is 0 Å². The molecule has 16 heavy (non-hydrogen) atoms. The van der Waals surface area contributed by atoms with Crippen molar-refractivity contribution in [3.05, 3.63) is 48.4 Å². The van der Waals surface area contributed by atoms with Gasteiger partial charge in [0.1, 0.15) is 0 Å². The summed E-state index contributed by atoms with van der Waals surface area (Å²) in [4.78, 5) is 4.18. The summed E-state index contributed by atoms with van der Waals surface area (Å²) in [7, 11) is 0. The van der Waals surface area contributed by atoms with E-state index in [2.05, 4.69) is 43.5 Å². The zero-order chi connectivity index (χ0) is 11.5. The Morgan fingerprint density at radius 3 is 3.00 bits per heavy atom. The van der Waals surface area contributed by atoms with E-state index in [0.717, 1.165) is 18.6 Å². The highest BCUT2D eigenvalue weighted by Crippen LogP contribution is 2.26. The molecule has 0 saturated carbocycles. The molecule has 1 unspecified atom stereocenters. The van der Waals surface area contributed by atoms with E-state index in [1.165, 1.54) is 0 Å². The first-order chi connectivity index (χ1) is 7.66. The highest BCUT2D eigenvalue weighted by Gasteiger charge is 2.13. The predicted molar refractivity (Wildman–Crippen MR) is 77.6 cm³/mol. The number of hydrogen-bond acceptors (Lipinski definition) is 3.